The SMILES string of the molecule is COc1cc(Nc2nc3ccccc3nc2N)c(OCC(O)CO)c(OC)c1. The molecule has 28 heavy (non-hydrogen) atoms. The fourth-order valence-electron chi connectivity index (χ4n) is 2.55. The van der Waals surface area contributed by atoms with Crippen molar-refractivity contribution >= 4 is 28.4 Å². The molecule has 2 aromatic carbocycles. The van der Waals surface area contributed by atoms with Crippen molar-refractivity contribution in [3.05, 3.63) is 36.4 Å². The molecule has 1 atom stereocenters. The van der Waals surface area contributed by atoms with Gasteiger partial charge in [-0.25, -0.2) is 9.97 Å². The Hall–Kier alpha value is -3.30. The minimum Gasteiger partial charge on any atom is -0.497 e. The van der Waals surface area contributed by atoms with Crippen LogP contribution < -0.4 is 25.3 Å². The van der Waals surface area contributed by atoms with Gasteiger partial charge in [0.1, 0.15) is 18.5 Å². The Labute approximate surface area is 161 Å². The minimum atomic E-state index is -1.04. The molecule has 1 heterocycles. The molecule has 0 amide bonds. The molecule has 0 spiro atoms. The van der Waals surface area contributed by atoms with E-state index in [2.05, 4.69) is 15.3 Å². The molecule has 9 nitrogen and oxygen atoms in total. The highest BCUT2D eigenvalue weighted by Crippen LogP contribution is 2.41. The van der Waals surface area contributed by atoms with Gasteiger partial charge in [-0.3, -0.25) is 0 Å². The Bertz CT molecular complexity index is 966. The fraction of sp³-hybridized carbons (Fsp3) is 0.263. The number of aliphatic hydroxyl groups excluding tert-OH is 2. The number of nitrogens with zero attached hydrogens (tertiary/aromatic N) is 2. The molecule has 0 bridgehead atoms. The average Bonchev–Trinajstić information content (AvgIpc) is 2.72. The predicted molar refractivity (Wildman–Crippen MR) is 105 cm³/mol. The van der Waals surface area contributed by atoms with E-state index < -0.39 is 12.7 Å². The maximum atomic E-state index is 9.62. The van der Waals surface area contributed by atoms with E-state index in [1.807, 2.05) is 24.3 Å². The summed E-state index contributed by atoms with van der Waals surface area (Å²) in [6.07, 6.45) is -1.04. The first-order valence-electron chi connectivity index (χ1n) is 8.52. The van der Waals surface area contributed by atoms with E-state index in [9.17, 15) is 5.11 Å². The van der Waals surface area contributed by atoms with Crippen molar-refractivity contribution in [1.82, 2.24) is 9.97 Å². The Morgan fingerprint density at radius 2 is 1.82 bits per heavy atom. The summed E-state index contributed by atoms with van der Waals surface area (Å²) in [7, 11) is 3.01. The summed E-state index contributed by atoms with van der Waals surface area (Å²) in [5.74, 6) is 1.74. The van der Waals surface area contributed by atoms with Gasteiger partial charge in [0, 0.05) is 12.1 Å². The van der Waals surface area contributed by atoms with Crippen LogP contribution in [0.15, 0.2) is 36.4 Å². The van der Waals surface area contributed by atoms with Crippen LogP contribution in [0.25, 0.3) is 11.0 Å². The maximum Gasteiger partial charge on any atom is 0.185 e. The molecule has 0 aliphatic rings. The Morgan fingerprint density at radius 1 is 1.11 bits per heavy atom. The third-order valence-corrected chi connectivity index (χ3v) is 3.97. The Balaban J connectivity index is 2.02. The number of fused-ring (bicyclic) bond motifs is 1. The molecule has 1 unspecified atom stereocenters. The zero-order chi connectivity index (χ0) is 20.1. The van der Waals surface area contributed by atoms with Gasteiger partial charge >= 0.3 is 0 Å². The predicted octanol–water partition coefficient (Wildman–Crippen LogP) is 1.70. The van der Waals surface area contributed by atoms with Crippen molar-refractivity contribution in [2.75, 3.05) is 38.5 Å². The van der Waals surface area contributed by atoms with Gasteiger partial charge in [-0.15, -0.1) is 0 Å². The lowest BCUT2D eigenvalue weighted by atomic mass is 10.2. The van der Waals surface area contributed by atoms with Gasteiger partial charge in [0.15, 0.2) is 23.1 Å². The first kappa shape index (κ1) is 19.5. The number of rotatable bonds is 8. The molecule has 148 valence electrons. The molecular formula is C19H22N4O5. The molecule has 0 saturated heterocycles. The summed E-state index contributed by atoms with van der Waals surface area (Å²) < 4.78 is 16.4. The van der Waals surface area contributed by atoms with Gasteiger partial charge < -0.3 is 35.5 Å². The molecule has 9 heteroatoms. The largest absolute Gasteiger partial charge is 0.497 e. The highest BCUT2D eigenvalue weighted by molar-refractivity contribution is 5.82. The van der Waals surface area contributed by atoms with Gasteiger partial charge in [0.2, 0.25) is 0 Å². The van der Waals surface area contributed by atoms with Gasteiger partial charge in [-0.05, 0) is 12.1 Å². The summed E-state index contributed by atoms with van der Waals surface area (Å²) >= 11 is 0. The van der Waals surface area contributed by atoms with Gasteiger partial charge in [0.25, 0.3) is 0 Å². The number of nitrogen functional groups attached to an aromatic ring is 1. The zero-order valence-electron chi connectivity index (χ0n) is 15.5. The number of aliphatic hydroxyl groups is 2. The highest BCUT2D eigenvalue weighted by Gasteiger charge is 2.18. The summed E-state index contributed by atoms with van der Waals surface area (Å²) in [4.78, 5) is 8.86. The average molecular weight is 386 g/mol. The van der Waals surface area contributed by atoms with Crippen LogP contribution in [0.5, 0.6) is 17.2 Å². The number of ether oxygens (including phenoxy) is 3. The molecule has 0 saturated carbocycles. The second-order valence-corrected chi connectivity index (χ2v) is 5.92. The van der Waals surface area contributed by atoms with Crippen LogP contribution in [0.4, 0.5) is 17.3 Å². The van der Waals surface area contributed by atoms with E-state index in [-0.39, 0.29) is 12.4 Å². The van der Waals surface area contributed by atoms with E-state index in [4.69, 9.17) is 25.1 Å². The number of anilines is 3. The second kappa shape index (κ2) is 8.59. The topological polar surface area (TPSA) is 132 Å². The fourth-order valence-corrected chi connectivity index (χ4v) is 2.55. The quantitative estimate of drug-likeness (QED) is 0.457. The maximum absolute atomic E-state index is 9.62. The van der Waals surface area contributed by atoms with Gasteiger partial charge in [0.05, 0.1) is 37.5 Å². The van der Waals surface area contributed by atoms with Crippen molar-refractivity contribution < 1.29 is 24.4 Å². The van der Waals surface area contributed by atoms with E-state index in [1.54, 1.807) is 12.1 Å². The molecule has 0 aliphatic carbocycles. The van der Waals surface area contributed by atoms with Crippen molar-refractivity contribution in [2.45, 2.75) is 6.10 Å². The second-order valence-electron chi connectivity index (χ2n) is 5.92. The van der Waals surface area contributed by atoms with E-state index in [1.165, 1.54) is 14.2 Å². The standard InChI is InChI=1S/C19H22N4O5/c1-26-12-7-15(17(16(8-12)27-2)28-10-11(25)9-24)23-19-18(20)21-13-5-3-4-6-14(13)22-19/h3-8,11,24-25H,9-10H2,1-2H3,(H2,20,21)(H,22,23). The summed E-state index contributed by atoms with van der Waals surface area (Å²) in [5.41, 5.74) is 7.86. The monoisotopic (exact) mass is 386 g/mol. The van der Waals surface area contributed by atoms with Crippen LogP contribution in [-0.2, 0) is 0 Å². The van der Waals surface area contributed by atoms with Crippen LogP contribution in [0.2, 0.25) is 0 Å². The summed E-state index contributed by atoms with van der Waals surface area (Å²) in [6.45, 7) is -0.558. The normalized spacial score (nSPS) is 11.9. The Morgan fingerprint density at radius 3 is 2.46 bits per heavy atom. The van der Waals surface area contributed by atoms with E-state index in [0.29, 0.717) is 39.8 Å². The van der Waals surface area contributed by atoms with Gasteiger partial charge in [-0.2, -0.15) is 0 Å². The minimum absolute atomic E-state index is 0.132. The molecule has 1 aromatic heterocycles. The van der Waals surface area contributed by atoms with E-state index in [0.717, 1.165) is 0 Å². The smallest absolute Gasteiger partial charge is 0.185 e. The number of hydrogen-bond donors (Lipinski definition) is 4. The molecule has 5 N–H and O–H groups in total. The van der Waals surface area contributed by atoms with Crippen molar-refractivity contribution in [2.24, 2.45) is 0 Å². The first-order valence-corrected chi connectivity index (χ1v) is 8.52. The lowest BCUT2D eigenvalue weighted by molar-refractivity contribution is 0.0529. The zero-order valence-corrected chi connectivity index (χ0v) is 15.5. The third kappa shape index (κ3) is 4.16. The number of aromatic nitrogens is 2. The Kier molecular flexibility index (Phi) is 5.97. The highest BCUT2D eigenvalue weighted by atomic mass is 16.5. The summed E-state index contributed by atoms with van der Waals surface area (Å²) in [5, 5.41) is 21.8. The van der Waals surface area contributed by atoms with Crippen molar-refractivity contribution in [3.63, 3.8) is 0 Å². The number of nitrogens with one attached hydrogen (secondary N) is 1. The van der Waals surface area contributed by atoms with Crippen LogP contribution >= 0.6 is 0 Å². The van der Waals surface area contributed by atoms with Crippen molar-refractivity contribution in [1.29, 1.82) is 0 Å². The molecule has 3 aromatic rings. The first-order chi connectivity index (χ1) is 13.5. The van der Waals surface area contributed by atoms with Crippen LogP contribution in [-0.4, -0.2) is 53.7 Å². The number of nitrogens with two attached hydrogens (primary N) is 1. The van der Waals surface area contributed by atoms with Gasteiger partial charge in [-0.1, -0.05) is 12.1 Å². The van der Waals surface area contributed by atoms with Crippen LogP contribution in [0.1, 0.15) is 0 Å². The van der Waals surface area contributed by atoms with Crippen molar-refractivity contribution in [3.8, 4) is 17.2 Å². The molecule has 0 aliphatic heterocycles. The number of benzene rings is 2. The van der Waals surface area contributed by atoms with Crippen LogP contribution in [0.3, 0.4) is 0 Å². The van der Waals surface area contributed by atoms with Crippen LogP contribution in [0, 0.1) is 0 Å². The lowest BCUT2D eigenvalue weighted by Gasteiger charge is -2.19. The van der Waals surface area contributed by atoms with E-state index >= 15 is 0 Å². The summed E-state index contributed by atoms with van der Waals surface area (Å²) in [6, 6.07) is 10.7. The number of para-hydroxylation sites is 2. The molecule has 3 rings (SSSR count). The molecule has 0 radical (unpaired) electrons. The molecule has 0 fully saturated rings. The number of hydrogen-bond acceptors (Lipinski definition) is 9. The third-order valence-electron chi connectivity index (χ3n) is 3.97. The lowest BCUT2D eigenvalue weighted by Crippen LogP contribution is -2.21. The molecular weight excluding hydrogens is 364 g/mol. The number of methoxy groups -OCH3 is 2.